The molecule has 1 aliphatic rings. The zero-order chi connectivity index (χ0) is 8.39. The number of benzene rings is 1. The van der Waals surface area contributed by atoms with Gasteiger partial charge >= 0.3 is 0 Å². The fourth-order valence-corrected chi connectivity index (χ4v) is 0.909. The number of para-hydroxylation sites is 1. The first-order valence-corrected chi connectivity index (χ1v) is 3.85. The molecule has 12 heavy (non-hydrogen) atoms. The molecule has 1 aromatic carbocycles. The molecule has 0 saturated carbocycles. The van der Waals surface area contributed by atoms with Crippen LogP contribution in [0, 0.1) is 5.82 Å². The van der Waals surface area contributed by atoms with Crippen molar-refractivity contribution in [2.75, 3.05) is 13.2 Å². The van der Waals surface area contributed by atoms with E-state index in [1.165, 1.54) is 6.07 Å². The van der Waals surface area contributed by atoms with Crippen LogP contribution in [0.15, 0.2) is 24.3 Å². The summed E-state index contributed by atoms with van der Waals surface area (Å²) in [5, 5.41) is 0. The van der Waals surface area contributed by atoms with Crippen molar-refractivity contribution in [2.24, 2.45) is 0 Å². The molecule has 1 aromatic rings. The minimum Gasteiger partial charge on any atom is -0.488 e. The number of ether oxygens (including phenoxy) is 2. The normalized spacial score (nSPS) is 20.6. The van der Waals surface area contributed by atoms with E-state index >= 15 is 0 Å². The van der Waals surface area contributed by atoms with Crippen LogP contribution in [0.1, 0.15) is 0 Å². The second-order valence-electron chi connectivity index (χ2n) is 2.70. The van der Waals surface area contributed by atoms with Crippen LogP contribution in [0.3, 0.4) is 0 Å². The summed E-state index contributed by atoms with van der Waals surface area (Å²) in [6, 6.07) is 6.36. The maximum Gasteiger partial charge on any atom is 0.165 e. The summed E-state index contributed by atoms with van der Waals surface area (Å²) in [6.07, 6.45) is 0.171. The van der Waals surface area contributed by atoms with Gasteiger partial charge in [0.05, 0.1) is 6.61 Å². The van der Waals surface area contributed by atoms with Crippen LogP contribution in [0.4, 0.5) is 4.39 Å². The zero-order valence-electron chi connectivity index (χ0n) is 6.50. The molecule has 1 aliphatic heterocycles. The van der Waals surface area contributed by atoms with E-state index in [-0.39, 0.29) is 11.9 Å². The summed E-state index contributed by atoms with van der Waals surface area (Å²) in [5.41, 5.74) is 0. The van der Waals surface area contributed by atoms with E-state index in [0.29, 0.717) is 12.4 Å². The average Bonchev–Trinajstić information content (AvgIpc) is 2.86. The van der Waals surface area contributed by atoms with Gasteiger partial charge in [-0.1, -0.05) is 12.1 Å². The molecule has 1 saturated heterocycles. The van der Waals surface area contributed by atoms with Gasteiger partial charge in [-0.15, -0.1) is 0 Å². The van der Waals surface area contributed by atoms with Crippen LogP contribution in [0.2, 0.25) is 0 Å². The third kappa shape index (κ3) is 1.74. The summed E-state index contributed by atoms with van der Waals surface area (Å²) in [7, 11) is 0. The van der Waals surface area contributed by atoms with E-state index in [9.17, 15) is 4.39 Å². The maximum absolute atomic E-state index is 12.9. The first kappa shape index (κ1) is 7.55. The van der Waals surface area contributed by atoms with Crippen molar-refractivity contribution in [2.45, 2.75) is 6.10 Å². The Morgan fingerprint density at radius 1 is 1.50 bits per heavy atom. The van der Waals surface area contributed by atoms with E-state index < -0.39 is 0 Å². The molecule has 2 nitrogen and oxygen atoms in total. The third-order valence-corrected chi connectivity index (χ3v) is 1.66. The molecule has 0 aromatic heterocycles. The summed E-state index contributed by atoms with van der Waals surface area (Å²) >= 11 is 0. The van der Waals surface area contributed by atoms with E-state index in [1.54, 1.807) is 18.2 Å². The Morgan fingerprint density at radius 2 is 2.25 bits per heavy atom. The lowest BCUT2D eigenvalue weighted by molar-refractivity contribution is 0.254. The van der Waals surface area contributed by atoms with Crippen molar-refractivity contribution in [3.63, 3.8) is 0 Å². The fraction of sp³-hybridized carbons (Fsp3) is 0.333. The van der Waals surface area contributed by atoms with Gasteiger partial charge in [0, 0.05) is 0 Å². The predicted molar refractivity (Wildman–Crippen MR) is 41.6 cm³/mol. The number of halogens is 1. The van der Waals surface area contributed by atoms with Gasteiger partial charge in [-0.05, 0) is 12.1 Å². The molecule has 1 atom stereocenters. The van der Waals surface area contributed by atoms with Gasteiger partial charge in [0.1, 0.15) is 12.7 Å². The van der Waals surface area contributed by atoms with Crippen LogP contribution >= 0.6 is 0 Å². The number of hydrogen-bond donors (Lipinski definition) is 0. The zero-order valence-corrected chi connectivity index (χ0v) is 6.50. The summed E-state index contributed by atoms with van der Waals surface area (Å²) < 4.78 is 23.0. The van der Waals surface area contributed by atoms with Crippen LogP contribution in [0.25, 0.3) is 0 Å². The average molecular weight is 168 g/mol. The molecule has 64 valence electrons. The summed E-state index contributed by atoms with van der Waals surface area (Å²) in [6.45, 7) is 1.18. The lowest BCUT2D eigenvalue weighted by atomic mass is 10.3. The van der Waals surface area contributed by atoms with Gasteiger partial charge in [0.2, 0.25) is 0 Å². The molecule has 0 amide bonds. The van der Waals surface area contributed by atoms with Gasteiger partial charge in [-0.3, -0.25) is 0 Å². The molecule has 0 spiro atoms. The highest BCUT2D eigenvalue weighted by molar-refractivity contribution is 5.23. The maximum atomic E-state index is 12.9. The Kier molecular flexibility index (Phi) is 1.96. The van der Waals surface area contributed by atoms with E-state index in [0.717, 1.165) is 6.61 Å². The number of epoxide rings is 1. The predicted octanol–water partition coefficient (Wildman–Crippen LogP) is 1.60. The first-order valence-electron chi connectivity index (χ1n) is 3.85. The highest BCUT2D eigenvalue weighted by Gasteiger charge is 2.23. The van der Waals surface area contributed by atoms with Crippen molar-refractivity contribution in [3.05, 3.63) is 30.1 Å². The molecule has 1 heterocycles. The summed E-state index contributed by atoms with van der Waals surface area (Å²) in [4.78, 5) is 0. The molecule has 0 unspecified atom stereocenters. The van der Waals surface area contributed by atoms with Crippen LogP contribution < -0.4 is 4.74 Å². The SMILES string of the molecule is Fc1ccccc1OC[C@H]1CO1. The molecule has 1 fully saturated rings. The molecule has 0 bridgehead atoms. The topological polar surface area (TPSA) is 21.8 Å². The molecular formula is C9H9FO2. The Balaban J connectivity index is 1.96. The lowest BCUT2D eigenvalue weighted by Gasteiger charge is -2.03. The Labute approximate surface area is 69.9 Å². The quantitative estimate of drug-likeness (QED) is 0.639. The second kappa shape index (κ2) is 3.11. The van der Waals surface area contributed by atoms with E-state index in [4.69, 9.17) is 9.47 Å². The minimum atomic E-state index is -0.321. The summed E-state index contributed by atoms with van der Waals surface area (Å²) in [5.74, 6) is -0.0221. The monoisotopic (exact) mass is 168 g/mol. The van der Waals surface area contributed by atoms with Crippen molar-refractivity contribution in [3.8, 4) is 5.75 Å². The second-order valence-corrected chi connectivity index (χ2v) is 2.70. The number of hydrogen-bond acceptors (Lipinski definition) is 2. The molecular weight excluding hydrogens is 159 g/mol. The molecule has 0 aliphatic carbocycles. The molecule has 0 N–H and O–H groups in total. The van der Waals surface area contributed by atoms with Gasteiger partial charge in [0.15, 0.2) is 11.6 Å². The Hall–Kier alpha value is -1.09. The first-order chi connectivity index (χ1) is 5.86. The highest BCUT2D eigenvalue weighted by Crippen LogP contribution is 2.17. The fourth-order valence-electron chi connectivity index (χ4n) is 0.909. The van der Waals surface area contributed by atoms with Crippen molar-refractivity contribution < 1.29 is 13.9 Å². The van der Waals surface area contributed by atoms with Crippen LogP contribution in [-0.2, 0) is 4.74 Å². The van der Waals surface area contributed by atoms with Crippen LogP contribution in [0.5, 0.6) is 5.75 Å². The molecule has 2 rings (SSSR count). The Morgan fingerprint density at radius 3 is 2.92 bits per heavy atom. The Bertz CT molecular complexity index is 271. The van der Waals surface area contributed by atoms with Crippen molar-refractivity contribution >= 4 is 0 Å². The third-order valence-electron chi connectivity index (χ3n) is 1.66. The van der Waals surface area contributed by atoms with Gasteiger partial charge in [-0.25, -0.2) is 4.39 Å². The van der Waals surface area contributed by atoms with Gasteiger partial charge in [-0.2, -0.15) is 0 Å². The van der Waals surface area contributed by atoms with Gasteiger partial charge < -0.3 is 9.47 Å². The standard InChI is InChI=1S/C9H9FO2/c10-8-3-1-2-4-9(8)12-6-7-5-11-7/h1-4,7H,5-6H2/t7-/m1/s1. The molecule has 3 heteroatoms. The van der Waals surface area contributed by atoms with Crippen molar-refractivity contribution in [1.82, 2.24) is 0 Å². The largest absolute Gasteiger partial charge is 0.488 e. The molecule has 0 radical (unpaired) electrons. The lowest BCUT2D eigenvalue weighted by Crippen LogP contribution is -2.04. The van der Waals surface area contributed by atoms with Gasteiger partial charge in [0.25, 0.3) is 0 Å². The highest BCUT2D eigenvalue weighted by atomic mass is 19.1. The minimum absolute atomic E-state index is 0.171. The number of rotatable bonds is 3. The van der Waals surface area contributed by atoms with Crippen LogP contribution in [-0.4, -0.2) is 19.3 Å². The van der Waals surface area contributed by atoms with E-state index in [1.807, 2.05) is 0 Å². The van der Waals surface area contributed by atoms with Crippen molar-refractivity contribution in [1.29, 1.82) is 0 Å². The smallest absolute Gasteiger partial charge is 0.165 e. The van der Waals surface area contributed by atoms with E-state index in [2.05, 4.69) is 0 Å².